The molecular formula is C16H16O5. The molecule has 0 aromatic heterocycles. The van der Waals surface area contributed by atoms with Gasteiger partial charge in [0.15, 0.2) is 0 Å². The summed E-state index contributed by atoms with van der Waals surface area (Å²) in [5, 5.41) is 0. The summed E-state index contributed by atoms with van der Waals surface area (Å²) >= 11 is 0. The van der Waals surface area contributed by atoms with Crippen LogP contribution in [0.4, 0.5) is 0 Å². The van der Waals surface area contributed by atoms with Crippen LogP contribution >= 0.6 is 0 Å². The van der Waals surface area contributed by atoms with Gasteiger partial charge in [0.2, 0.25) is 0 Å². The van der Waals surface area contributed by atoms with Crippen molar-refractivity contribution in [3.63, 3.8) is 0 Å². The highest BCUT2D eigenvalue weighted by Gasteiger charge is 2.19. The summed E-state index contributed by atoms with van der Waals surface area (Å²) in [6.45, 7) is 7.52. The van der Waals surface area contributed by atoms with E-state index in [4.69, 9.17) is 14.2 Å². The molecule has 0 spiro atoms. The zero-order valence-corrected chi connectivity index (χ0v) is 11.6. The average Bonchev–Trinajstić information content (AvgIpc) is 2.98. The molecule has 1 aromatic carbocycles. The lowest BCUT2D eigenvalue weighted by molar-refractivity contribution is -0.139. The maximum absolute atomic E-state index is 11.2. The van der Waals surface area contributed by atoms with Crippen molar-refractivity contribution in [2.75, 3.05) is 6.61 Å². The van der Waals surface area contributed by atoms with Gasteiger partial charge in [-0.25, -0.2) is 9.59 Å². The molecule has 5 heteroatoms. The van der Waals surface area contributed by atoms with Gasteiger partial charge in [0, 0.05) is 24.1 Å². The molecule has 0 saturated carbocycles. The monoisotopic (exact) mass is 288 g/mol. The van der Waals surface area contributed by atoms with Crippen molar-refractivity contribution in [2.24, 2.45) is 0 Å². The summed E-state index contributed by atoms with van der Waals surface area (Å²) in [7, 11) is 0. The van der Waals surface area contributed by atoms with Gasteiger partial charge in [-0.05, 0) is 23.3 Å². The fraction of sp³-hybridized carbons (Fsp3) is 0.250. The largest absolute Gasteiger partial charge is 0.493 e. The lowest BCUT2D eigenvalue weighted by atomic mass is 10.0. The number of ether oxygens (including phenoxy) is 3. The van der Waals surface area contributed by atoms with Gasteiger partial charge in [0.05, 0.1) is 6.61 Å². The molecule has 21 heavy (non-hydrogen) atoms. The number of esters is 2. The van der Waals surface area contributed by atoms with E-state index in [9.17, 15) is 9.59 Å². The fourth-order valence-electron chi connectivity index (χ4n) is 2.07. The third-order valence-electron chi connectivity index (χ3n) is 3.00. The second kappa shape index (κ2) is 6.74. The first-order valence-electron chi connectivity index (χ1n) is 6.50. The van der Waals surface area contributed by atoms with E-state index < -0.39 is 11.9 Å². The summed E-state index contributed by atoms with van der Waals surface area (Å²) in [5.74, 6) is -0.234. The smallest absolute Gasteiger partial charge is 0.330 e. The van der Waals surface area contributed by atoms with Crippen LogP contribution < -0.4 is 4.74 Å². The minimum atomic E-state index is -0.495. The highest BCUT2D eigenvalue weighted by Crippen LogP contribution is 2.32. The van der Waals surface area contributed by atoms with Gasteiger partial charge < -0.3 is 14.2 Å². The Labute approximate surface area is 122 Å². The molecular weight excluding hydrogens is 272 g/mol. The molecule has 1 aliphatic rings. The van der Waals surface area contributed by atoms with E-state index in [0.29, 0.717) is 6.61 Å². The second-order valence-corrected chi connectivity index (χ2v) is 4.47. The predicted molar refractivity (Wildman–Crippen MR) is 75.6 cm³/mol. The Hall–Kier alpha value is -2.56. The van der Waals surface area contributed by atoms with Crippen molar-refractivity contribution in [1.82, 2.24) is 0 Å². The minimum Gasteiger partial charge on any atom is -0.493 e. The second-order valence-electron chi connectivity index (χ2n) is 4.47. The van der Waals surface area contributed by atoms with Gasteiger partial charge in [-0.1, -0.05) is 13.2 Å². The summed E-state index contributed by atoms with van der Waals surface area (Å²) in [6, 6.07) is 3.73. The third kappa shape index (κ3) is 3.72. The molecule has 0 amide bonds. The van der Waals surface area contributed by atoms with Crippen LogP contribution in [0.5, 0.6) is 5.75 Å². The molecule has 5 nitrogen and oxygen atoms in total. The molecule has 2 rings (SSSR count). The van der Waals surface area contributed by atoms with E-state index in [0.717, 1.165) is 41.0 Å². The number of benzene rings is 1. The Bertz CT molecular complexity index is 589. The van der Waals surface area contributed by atoms with Crippen LogP contribution in [0.2, 0.25) is 0 Å². The van der Waals surface area contributed by atoms with Gasteiger partial charge in [-0.15, -0.1) is 0 Å². The van der Waals surface area contributed by atoms with Crippen molar-refractivity contribution in [3.8, 4) is 5.75 Å². The number of carbonyl (C=O) groups excluding carboxylic acids is 2. The van der Waals surface area contributed by atoms with E-state index in [2.05, 4.69) is 13.2 Å². The predicted octanol–water partition coefficient (Wildman–Crippen LogP) is 2.08. The molecule has 0 unspecified atom stereocenters. The van der Waals surface area contributed by atoms with Crippen LogP contribution in [-0.2, 0) is 38.7 Å². The molecule has 0 fully saturated rings. The molecule has 110 valence electrons. The fourth-order valence-corrected chi connectivity index (χ4v) is 2.07. The summed E-state index contributed by atoms with van der Waals surface area (Å²) in [5.41, 5.74) is 2.59. The van der Waals surface area contributed by atoms with Crippen molar-refractivity contribution in [1.29, 1.82) is 0 Å². The Morgan fingerprint density at radius 2 is 1.81 bits per heavy atom. The van der Waals surface area contributed by atoms with E-state index in [1.807, 2.05) is 6.07 Å². The summed E-state index contributed by atoms with van der Waals surface area (Å²) in [4.78, 5) is 22.3. The first-order valence-corrected chi connectivity index (χ1v) is 6.50. The van der Waals surface area contributed by atoms with Crippen molar-refractivity contribution >= 4 is 11.9 Å². The Balaban J connectivity index is 2.16. The molecule has 0 bridgehead atoms. The molecule has 0 saturated heterocycles. The van der Waals surface area contributed by atoms with Gasteiger partial charge in [-0.3, -0.25) is 0 Å². The number of hydrogen-bond donors (Lipinski definition) is 0. The molecule has 0 aliphatic carbocycles. The number of rotatable bonds is 6. The van der Waals surface area contributed by atoms with Gasteiger partial charge in [0.25, 0.3) is 0 Å². The van der Waals surface area contributed by atoms with Gasteiger partial charge >= 0.3 is 11.9 Å². The molecule has 0 N–H and O–H groups in total. The summed E-state index contributed by atoms with van der Waals surface area (Å²) < 4.78 is 15.6. The number of fused-ring (bicyclic) bond motifs is 1. The maximum atomic E-state index is 11.2. The van der Waals surface area contributed by atoms with Crippen molar-refractivity contribution in [3.05, 3.63) is 54.1 Å². The standard InChI is InChI=1S/C16H16O5/c1-3-14(17)20-9-11-7-12-5-6-19-16(12)13(8-11)10-21-15(18)4-2/h3-4,7-8H,1-2,5-6,9-10H2. The Kier molecular flexibility index (Phi) is 4.77. The SMILES string of the molecule is C=CC(=O)OCc1cc2c(c(COC(=O)C=C)c1)OCC2. The number of hydrogen-bond acceptors (Lipinski definition) is 5. The van der Waals surface area contributed by atoms with Crippen LogP contribution in [-0.4, -0.2) is 18.5 Å². The first-order chi connectivity index (χ1) is 10.1. The van der Waals surface area contributed by atoms with Crippen LogP contribution in [0.1, 0.15) is 16.7 Å². The topological polar surface area (TPSA) is 61.8 Å². The van der Waals surface area contributed by atoms with Crippen molar-refractivity contribution < 1.29 is 23.8 Å². The van der Waals surface area contributed by atoms with Gasteiger partial charge in [-0.2, -0.15) is 0 Å². The summed E-state index contributed by atoms with van der Waals surface area (Å²) in [6.07, 6.45) is 3.00. The highest BCUT2D eigenvalue weighted by atomic mass is 16.5. The van der Waals surface area contributed by atoms with Crippen LogP contribution in [0, 0.1) is 0 Å². The molecule has 1 aromatic rings. The average molecular weight is 288 g/mol. The quantitative estimate of drug-likeness (QED) is 0.592. The minimum absolute atomic E-state index is 0.0937. The maximum Gasteiger partial charge on any atom is 0.330 e. The first kappa shape index (κ1) is 14.8. The van der Waals surface area contributed by atoms with Gasteiger partial charge in [0.1, 0.15) is 19.0 Å². The van der Waals surface area contributed by atoms with E-state index in [-0.39, 0.29) is 13.2 Å². The van der Waals surface area contributed by atoms with E-state index in [1.165, 1.54) is 0 Å². The lowest BCUT2D eigenvalue weighted by Crippen LogP contribution is -2.04. The highest BCUT2D eigenvalue weighted by molar-refractivity contribution is 5.81. The van der Waals surface area contributed by atoms with Crippen LogP contribution in [0.15, 0.2) is 37.4 Å². The van der Waals surface area contributed by atoms with Crippen LogP contribution in [0.25, 0.3) is 0 Å². The molecule has 1 aliphatic heterocycles. The lowest BCUT2D eigenvalue weighted by Gasteiger charge is -2.11. The Morgan fingerprint density at radius 3 is 2.48 bits per heavy atom. The molecule has 0 atom stereocenters. The Morgan fingerprint density at radius 1 is 1.14 bits per heavy atom. The molecule has 0 radical (unpaired) electrons. The third-order valence-corrected chi connectivity index (χ3v) is 3.00. The zero-order chi connectivity index (χ0) is 15.2. The number of carbonyl (C=O) groups is 2. The van der Waals surface area contributed by atoms with Crippen molar-refractivity contribution in [2.45, 2.75) is 19.6 Å². The van der Waals surface area contributed by atoms with Crippen LogP contribution in [0.3, 0.4) is 0 Å². The van der Waals surface area contributed by atoms with E-state index >= 15 is 0 Å². The van der Waals surface area contributed by atoms with E-state index in [1.54, 1.807) is 6.07 Å². The molecule has 1 heterocycles. The zero-order valence-electron chi connectivity index (χ0n) is 11.6. The normalized spacial score (nSPS) is 12.0.